The maximum Gasteiger partial charge on any atom is 3.00 e. The van der Waals surface area contributed by atoms with Crippen LogP contribution in [0.1, 0.15) is 20.7 Å². The average Bonchev–Trinajstić information content (AvgIpc) is 2.30. The van der Waals surface area contributed by atoms with E-state index in [1.165, 1.54) is 0 Å². The topological polar surface area (TPSA) is 48.2 Å². The van der Waals surface area contributed by atoms with Gasteiger partial charge in [-0.15, -0.1) is 0 Å². The van der Waals surface area contributed by atoms with Crippen molar-refractivity contribution in [1.82, 2.24) is 0 Å². The van der Waals surface area contributed by atoms with Crippen molar-refractivity contribution in [2.75, 3.05) is 0 Å². The van der Waals surface area contributed by atoms with Crippen LogP contribution in [-0.4, -0.2) is 11.8 Å². The summed E-state index contributed by atoms with van der Waals surface area (Å²) < 4.78 is 0. The van der Waals surface area contributed by atoms with Crippen LogP contribution in [0.25, 0.3) is 5.32 Å². The summed E-state index contributed by atoms with van der Waals surface area (Å²) in [7, 11) is 0. The van der Waals surface area contributed by atoms with Crippen LogP contribution in [0.4, 0.5) is 0 Å². The van der Waals surface area contributed by atoms with Gasteiger partial charge in [0.1, 0.15) is 0 Å². The van der Waals surface area contributed by atoms with Crippen LogP contribution in [0.5, 0.6) is 0 Å². The zero-order valence-corrected chi connectivity index (χ0v) is 9.85. The molecule has 2 amide bonds. The third kappa shape index (κ3) is 1.43. The zero-order chi connectivity index (χ0) is 7.84. The molecule has 0 saturated heterocycles. The molecule has 0 unspecified atom stereocenters. The average molecular weight is 287 g/mol. The summed E-state index contributed by atoms with van der Waals surface area (Å²) in [5.74, 6) is -0.851. The minimum absolute atomic E-state index is 0. The van der Waals surface area contributed by atoms with Crippen molar-refractivity contribution in [1.29, 1.82) is 0 Å². The molecule has 1 aromatic rings. The molecule has 0 aliphatic carbocycles. The number of hydrogen-bond acceptors (Lipinski definition) is 2. The van der Waals surface area contributed by atoms with Crippen molar-refractivity contribution in [3.8, 4) is 0 Å². The third-order valence-corrected chi connectivity index (χ3v) is 1.59. The summed E-state index contributed by atoms with van der Waals surface area (Å²) in [5, 5.41) is 3.28. The van der Waals surface area contributed by atoms with Gasteiger partial charge in [0.2, 0.25) is 0 Å². The van der Waals surface area contributed by atoms with E-state index in [4.69, 9.17) is 0 Å². The maximum atomic E-state index is 10.9. The number of fused-ring (bicyclic) bond motifs is 1. The van der Waals surface area contributed by atoms with E-state index in [2.05, 4.69) is 5.32 Å². The minimum atomic E-state index is -0.425. The van der Waals surface area contributed by atoms with Gasteiger partial charge in [-0.2, -0.15) is 0 Å². The first kappa shape index (κ1) is 9.81. The third-order valence-electron chi connectivity index (χ3n) is 1.59. The molecule has 54 valence electrons. The number of rotatable bonds is 0. The number of carbonyl (C=O) groups excluding carboxylic acids is 2. The normalized spacial score (nSPS) is 13.3. The van der Waals surface area contributed by atoms with Crippen molar-refractivity contribution < 1.29 is 50.9 Å². The van der Waals surface area contributed by atoms with Crippen LogP contribution in [0.3, 0.4) is 0 Å². The Morgan fingerprint density at radius 1 is 0.917 bits per heavy atom. The largest absolute Gasteiger partial charge is 3.00 e. The van der Waals surface area contributed by atoms with Gasteiger partial charge >= 0.3 is 41.3 Å². The first-order valence-corrected chi connectivity index (χ1v) is 3.18. The number of hydrogen-bond donors (Lipinski definition) is 0. The van der Waals surface area contributed by atoms with Crippen LogP contribution >= 0.6 is 0 Å². The van der Waals surface area contributed by atoms with Gasteiger partial charge in [0, 0.05) is 11.1 Å². The summed E-state index contributed by atoms with van der Waals surface area (Å²) in [5.41, 5.74) is 0.829. The number of amides is 2. The Bertz CT molecular complexity index is 316. The van der Waals surface area contributed by atoms with Crippen molar-refractivity contribution in [2.45, 2.75) is 0 Å². The smallest absolute Gasteiger partial charge is 0.587 e. The number of nitrogens with zero attached hydrogens (tertiary/aromatic N) is 1. The molecule has 0 fully saturated rings. The molecule has 0 radical (unpaired) electrons. The Morgan fingerprint density at radius 2 is 1.33 bits per heavy atom. The second-order valence-corrected chi connectivity index (χ2v) is 2.27. The molecule has 0 atom stereocenters. The van der Waals surface area contributed by atoms with Crippen LogP contribution in [0.15, 0.2) is 24.3 Å². The van der Waals surface area contributed by atoms with E-state index in [0.29, 0.717) is 11.1 Å². The fourth-order valence-corrected chi connectivity index (χ4v) is 1.07. The van der Waals surface area contributed by atoms with Gasteiger partial charge in [-0.25, -0.2) is 0 Å². The van der Waals surface area contributed by atoms with Gasteiger partial charge in [-0.05, 0) is 0 Å². The molecule has 1 heterocycles. The molecule has 0 bridgehead atoms. The summed E-state index contributed by atoms with van der Waals surface area (Å²) >= 11 is 0. The summed E-state index contributed by atoms with van der Waals surface area (Å²) in [6.45, 7) is 0. The summed E-state index contributed by atoms with van der Waals surface area (Å²) in [4.78, 5) is 21.8. The standard InChI is InChI=1S/C8H5NO2.Pr/c10-7-5-3-1-2-4-6(5)8(11)9-7;/h1-4H,(H,9,10,11);/q;+3/p-1. The molecule has 4 heteroatoms. The van der Waals surface area contributed by atoms with Crippen molar-refractivity contribution >= 4 is 11.8 Å². The van der Waals surface area contributed by atoms with E-state index in [-0.39, 0.29) is 41.3 Å². The molecule has 0 spiro atoms. The van der Waals surface area contributed by atoms with Gasteiger partial charge in [0.25, 0.3) is 0 Å². The van der Waals surface area contributed by atoms with Crippen LogP contribution in [0, 0.1) is 41.3 Å². The summed E-state index contributed by atoms with van der Waals surface area (Å²) in [6.07, 6.45) is 0. The Kier molecular flexibility index (Phi) is 2.96. The predicted octanol–water partition coefficient (Wildman–Crippen LogP) is 1.35. The van der Waals surface area contributed by atoms with Gasteiger partial charge in [0.15, 0.2) is 0 Å². The Hall–Kier alpha value is -0.276. The van der Waals surface area contributed by atoms with Crippen LogP contribution in [-0.2, 0) is 0 Å². The second-order valence-electron chi connectivity index (χ2n) is 2.27. The van der Waals surface area contributed by atoms with Gasteiger partial charge in [0.05, 0.1) is 11.8 Å². The van der Waals surface area contributed by atoms with Crippen molar-refractivity contribution in [3.63, 3.8) is 0 Å². The van der Waals surface area contributed by atoms with Gasteiger partial charge in [-0.3, -0.25) is 0 Å². The first-order valence-electron chi connectivity index (χ1n) is 3.18. The Morgan fingerprint density at radius 3 is 1.75 bits per heavy atom. The molecular formula is C8H4NO2Pr+2. The molecule has 1 aliphatic heterocycles. The fourth-order valence-electron chi connectivity index (χ4n) is 1.07. The molecule has 3 nitrogen and oxygen atoms in total. The van der Waals surface area contributed by atoms with E-state index in [1.807, 2.05) is 0 Å². The Balaban J connectivity index is 0.000000720. The first-order chi connectivity index (χ1) is 5.29. The zero-order valence-electron chi connectivity index (χ0n) is 6.15. The van der Waals surface area contributed by atoms with E-state index in [1.54, 1.807) is 24.3 Å². The Labute approximate surface area is 102 Å². The monoisotopic (exact) mass is 287 g/mol. The SMILES string of the molecule is O=C1[N-]C(=O)c2ccccc21.[Pr+3]. The molecule has 0 N–H and O–H groups in total. The molecule has 12 heavy (non-hydrogen) atoms. The predicted molar refractivity (Wildman–Crippen MR) is 38.5 cm³/mol. The van der Waals surface area contributed by atoms with Crippen molar-refractivity contribution in [2.24, 2.45) is 0 Å². The maximum absolute atomic E-state index is 10.9. The minimum Gasteiger partial charge on any atom is -0.587 e. The number of carbonyl (C=O) groups is 2. The van der Waals surface area contributed by atoms with Gasteiger partial charge < -0.3 is 14.9 Å². The number of benzene rings is 1. The molecule has 1 aliphatic rings. The molecule has 0 aromatic heterocycles. The van der Waals surface area contributed by atoms with E-state index in [0.717, 1.165) is 0 Å². The van der Waals surface area contributed by atoms with E-state index >= 15 is 0 Å². The van der Waals surface area contributed by atoms with E-state index in [9.17, 15) is 9.59 Å². The molecular weight excluding hydrogens is 283 g/mol. The van der Waals surface area contributed by atoms with Gasteiger partial charge in [-0.1, -0.05) is 24.3 Å². The molecule has 1 aromatic carbocycles. The molecule has 0 saturated carbocycles. The summed E-state index contributed by atoms with van der Waals surface area (Å²) in [6, 6.07) is 6.63. The fraction of sp³-hybridized carbons (Fsp3) is 0. The quantitative estimate of drug-likeness (QED) is 0.676. The molecule has 2 rings (SSSR count). The second kappa shape index (κ2) is 3.63. The van der Waals surface area contributed by atoms with Crippen molar-refractivity contribution in [3.05, 3.63) is 40.7 Å². The van der Waals surface area contributed by atoms with E-state index < -0.39 is 11.8 Å². The van der Waals surface area contributed by atoms with Crippen LogP contribution in [0.2, 0.25) is 0 Å². The number of imide groups is 1. The van der Waals surface area contributed by atoms with Crippen LogP contribution < -0.4 is 0 Å².